The molecule has 4 aliphatic rings. The van der Waals surface area contributed by atoms with Crippen LogP contribution in [0.25, 0.3) is 0 Å². The van der Waals surface area contributed by atoms with E-state index in [2.05, 4.69) is 0 Å². The van der Waals surface area contributed by atoms with E-state index in [0.717, 1.165) is 0 Å². The summed E-state index contributed by atoms with van der Waals surface area (Å²) in [7, 11) is 3.26. The predicted octanol–water partition coefficient (Wildman–Crippen LogP) is -0.299. The molecular formula is C19H34O10. The Morgan fingerprint density at radius 1 is 0.724 bits per heavy atom. The van der Waals surface area contributed by atoms with Crippen molar-refractivity contribution in [3.63, 3.8) is 0 Å². The van der Waals surface area contributed by atoms with Crippen LogP contribution in [0.1, 0.15) is 13.8 Å². The largest absolute Gasteiger partial charge is 0.387 e. The van der Waals surface area contributed by atoms with Gasteiger partial charge in [0.05, 0.1) is 51.8 Å². The number of hydrogen-bond acceptors (Lipinski definition) is 10. The van der Waals surface area contributed by atoms with Crippen LogP contribution in [-0.4, -0.2) is 114 Å². The second-order valence-electron chi connectivity index (χ2n) is 7.53. The van der Waals surface area contributed by atoms with Crippen LogP contribution >= 0.6 is 0 Å². The molecule has 0 spiro atoms. The minimum Gasteiger partial charge on any atom is -0.387 e. The zero-order valence-corrected chi connectivity index (χ0v) is 17.6. The number of aliphatic hydroxyl groups excluding tert-OH is 1. The highest BCUT2D eigenvalue weighted by Crippen LogP contribution is 2.42. The maximum absolute atomic E-state index is 10.6. The summed E-state index contributed by atoms with van der Waals surface area (Å²) in [5.41, 5.74) is 0. The Kier molecular flexibility index (Phi) is 9.05. The summed E-state index contributed by atoms with van der Waals surface area (Å²) in [6, 6.07) is 0. The fourth-order valence-corrected chi connectivity index (χ4v) is 3.90. The van der Waals surface area contributed by atoms with E-state index < -0.39 is 43.1 Å². The molecule has 1 N–H and O–H groups in total. The van der Waals surface area contributed by atoms with E-state index >= 15 is 0 Å². The fourth-order valence-electron chi connectivity index (χ4n) is 3.90. The Bertz CT molecular complexity index is 442. The smallest absolute Gasteiger partial charge is 0.272 e. The van der Waals surface area contributed by atoms with E-state index in [-0.39, 0.29) is 12.2 Å². The van der Waals surface area contributed by atoms with Gasteiger partial charge in [-0.15, -0.1) is 0 Å². The molecule has 0 radical (unpaired) electrons. The van der Waals surface area contributed by atoms with Crippen LogP contribution in [0, 0.1) is 0 Å². The average Bonchev–Trinajstić information content (AvgIpc) is 2.69. The summed E-state index contributed by atoms with van der Waals surface area (Å²) in [5.74, 6) is 0. The molecule has 6 unspecified atom stereocenters. The molecule has 4 fully saturated rings. The Morgan fingerprint density at radius 2 is 1.17 bits per heavy atom. The van der Waals surface area contributed by atoms with Gasteiger partial charge in [-0.3, -0.25) is 0 Å². The summed E-state index contributed by atoms with van der Waals surface area (Å²) < 4.78 is 50.3. The molecule has 0 aromatic rings. The first kappa shape index (κ1) is 23.3. The molecule has 0 amide bonds. The molecule has 3 heterocycles. The SMILES string of the molecule is COC[C@@H](C)OCCOC1C2OC3OC1C(OCCO[C@H](C)COC)[C@@H](O3)C2O. The lowest BCUT2D eigenvalue weighted by Gasteiger charge is -2.57. The number of ether oxygens (including phenoxy) is 9. The summed E-state index contributed by atoms with van der Waals surface area (Å²) in [4.78, 5) is 0. The number of methoxy groups -OCH3 is 2. The quantitative estimate of drug-likeness (QED) is 0.375. The summed E-state index contributed by atoms with van der Waals surface area (Å²) >= 11 is 0. The van der Waals surface area contributed by atoms with Crippen molar-refractivity contribution < 1.29 is 47.7 Å². The third kappa shape index (κ3) is 5.85. The van der Waals surface area contributed by atoms with Crippen molar-refractivity contribution in [2.24, 2.45) is 0 Å². The molecule has 4 bridgehead atoms. The van der Waals surface area contributed by atoms with Gasteiger partial charge >= 0.3 is 0 Å². The van der Waals surface area contributed by atoms with E-state index in [1.165, 1.54) is 0 Å². The first-order chi connectivity index (χ1) is 14.0. The number of rotatable bonds is 14. The monoisotopic (exact) mass is 422 g/mol. The standard InChI is InChI=1S/C19H34O10/c1-11(9-21-3)23-5-7-25-16-14-13(20)15-17(18(16)29-19(27-14)28-15)26-8-6-24-12(2)10-22-4/h11-20H,5-10H2,1-4H3/t11-,12-,13?,14+,15?,16?,17?,18?,19?/m1/s1. The minimum atomic E-state index is -0.858. The van der Waals surface area contributed by atoms with Crippen LogP contribution in [0.5, 0.6) is 0 Å². The zero-order valence-electron chi connectivity index (χ0n) is 17.6. The van der Waals surface area contributed by atoms with Crippen molar-refractivity contribution >= 4 is 0 Å². The highest BCUT2D eigenvalue weighted by Gasteiger charge is 2.62. The molecule has 170 valence electrons. The van der Waals surface area contributed by atoms with Gasteiger partial charge in [-0.25, -0.2) is 0 Å². The van der Waals surface area contributed by atoms with Crippen molar-refractivity contribution in [2.75, 3.05) is 53.9 Å². The first-order valence-corrected chi connectivity index (χ1v) is 10.1. The maximum atomic E-state index is 10.6. The van der Waals surface area contributed by atoms with Crippen molar-refractivity contribution in [3.05, 3.63) is 0 Å². The van der Waals surface area contributed by atoms with Gasteiger partial charge in [0.25, 0.3) is 6.48 Å². The molecule has 1 aliphatic carbocycles. The van der Waals surface area contributed by atoms with E-state index in [9.17, 15) is 5.11 Å². The van der Waals surface area contributed by atoms with Crippen LogP contribution in [0.4, 0.5) is 0 Å². The molecule has 29 heavy (non-hydrogen) atoms. The van der Waals surface area contributed by atoms with Gasteiger partial charge in [-0.2, -0.15) is 0 Å². The van der Waals surface area contributed by atoms with Crippen LogP contribution < -0.4 is 0 Å². The lowest BCUT2D eigenvalue weighted by atomic mass is 9.82. The Morgan fingerprint density at radius 3 is 1.62 bits per heavy atom. The second-order valence-corrected chi connectivity index (χ2v) is 7.53. The van der Waals surface area contributed by atoms with Crippen LogP contribution in [-0.2, 0) is 42.6 Å². The van der Waals surface area contributed by atoms with Crippen LogP contribution in [0.2, 0.25) is 0 Å². The van der Waals surface area contributed by atoms with Gasteiger partial charge < -0.3 is 47.7 Å². The van der Waals surface area contributed by atoms with Gasteiger partial charge in [-0.1, -0.05) is 0 Å². The topological polar surface area (TPSA) is 103 Å². The average molecular weight is 422 g/mol. The maximum Gasteiger partial charge on any atom is 0.272 e. The van der Waals surface area contributed by atoms with Crippen LogP contribution in [0.15, 0.2) is 0 Å². The molecule has 9 atom stereocenters. The molecule has 3 aliphatic heterocycles. The van der Waals surface area contributed by atoms with E-state index in [4.69, 9.17) is 42.6 Å². The molecule has 10 nitrogen and oxygen atoms in total. The van der Waals surface area contributed by atoms with Gasteiger partial charge in [0.2, 0.25) is 0 Å². The molecular weight excluding hydrogens is 388 g/mol. The lowest BCUT2D eigenvalue weighted by molar-refractivity contribution is -0.486. The van der Waals surface area contributed by atoms with Gasteiger partial charge in [0.1, 0.15) is 36.6 Å². The number of hydrogen-bond donors (Lipinski definition) is 1. The normalized spacial score (nSPS) is 37.8. The zero-order chi connectivity index (χ0) is 20.8. The van der Waals surface area contributed by atoms with Crippen LogP contribution in [0.3, 0.4) is 0 Å². The van der Waals surface area contributed by atoms with Gasteiger partial charge in [0.15, 0.2) is 0 Å². The van der Waals surface area contributed by atoms with Crippen molar-refractivity contribution in [1.29, 1.82) is 0 Å². The minimum absolute atomic E-state index is 0.0230. The summed E-state index contributed by atoms with van der Waals surface area (Å²) in [6.07, 6.45) is -3.28. The Labute approximate surface area is 171 Å². The second kappa shape index (κ2) is 11.3. The first-order valence-electron chi connectivity index (χ1n) is 10.1. The lowest BCUT2D eigenvalue weighted by Crippen LogP contribution is -2.76. The molecule has 3 saturated heterocycles. The molecule has 1 saturated carbocycles. The van der Waals surface area contributed by atoms with Crippen molar-refractivity contribution in [3.8, 4) is 0 Å². The summed E-state index contributed by atoms with van der Waals surface area (Å²) in [6.45, 7) is 5.57. The van der Waals surface area contributed by atoms with Gasteiger partial charge in [0, 0.05) is 14.2 Å². The highest BCUT2D eigenvalue weighted by atomic mass is 16.9. The van der Waals surface area contributed by atoms with E-state index in [1.54, 1.807) is 14.2 Å². The third-order valence-corrected chi connectivity index (χ3v) is 5.17. The molecule has 0 aromatic heterocycles. The Balaban J connectivity index is 1.48. The molecule has 4 rings (SSSR count). The molecule has 0 aromatic carbocycles. The van der Waals surface area contributed by atoms with Crippen molar-refractivity contribution in [1.82, 2.24) is 0 Å². The van der Waals surface area contributed by atoms with Crippen molar-refractivity contribution in [2.45, 2.75) is 69.2 Å². The molecule has 10 heteroatoms. The summed E-state index contributed by atoms with van der Waals surface area (Å²) in [5, 5.41) is 10.6. The predicted molar refractivity (Wildman–Crippen MR) is 98.5 cm³/mol. The van der Waals surface area contributed by atoms with E-state index in [0.29, 0.717) is 39.6 Å². The van der Waals surface area contributed by atoms with E-state index in [1.807, 2.05) is 13.8 Å². The fraction of sp³-hybridized carbons (Fsp3) is 1.00. The highest BCUT2D eigenvalue weighted by molar-refractivity contribution is 5.06. The third-order valence-electron chi connectivity index (χ3n) is 5.17. The number of aliphatic hydroxyl groups is 1. The Hall–Kier alpha value is -0.400. The van der Waals surface area contributed by atoms with Gasteiger partial charge in [-0.05, 0) is 13.8 Å².